The maximum Gasteiger partial charge on any atom is 0.320 e. The van der Waals surface area contributed by atoms with E-state index in [0.29, 0.717) is 12.5 Å². The van der Waals surface area contributed by atoms with E-state index in [1.807, 2.05) is 6.92 Å². The van der Waals surface area contributed by atoms with E-state index < -0.39 is 12.0 Å². The van der Waals surface area contributed by atoms with E-state index in [1.165, 1.54) is 6.42 Å². The zero-order valence-electron chi connectivity index (χ0n) is 11.9. The molecule has 18 heavy (non-hydrogen) atoms. The number of hydrogen-bond donors (Lipinski definition) is 2. The van der Waals surface area contributed by atoms with Crippen LogP contribution in [-0.4, -0.2) is 73.2 Å². The van der Waals surface area contributed by atoms with Crippen molar-refractivity contribution in [3.63, 3.8) is 0 Å². The lowest BCUT2D eigenvalue weighted by molar-refractivity contribution is -0.139. The average Bonchev–Trinajstić information content (AvgIpc) is 2.77. The highest BCUT2D eigenvalue weighted by atomic mass is 16.4. The van der Waals surface area contributed by atoms with E-state index in [2.05, 4.69) is 29.2 Å². The van der Waals surface area contributed by atoms with Crippen molar-refractivity contribution < 1.29 is 9.90 Å². The number of nitrogens with one attached hydrogen (secondary N) is 1. The number of hydrogen-bond acceptors (Lipinski definition) is 4. The molecular formula is C13H27N3O2. The summed E-state index contributed by atoms with van der Waals surface area (Å²) in [5.41, 5.74) is 0. The summed E-state index contributed by atoms with van der Waals surface area (Å²) in [6.45, 7) is 5.85. The van der Waals surface area contributed by atoms with Crippen molar-refractivity contribution in [3.8, 4) is 0 Å². The lowest BCUT2D eigenvalue weighted by Gasteiger charge is -2.22. The summed E-state index contributed by atoms with van der Waals surface area (Å²) in [7, 11) is 4.22. The molecule has 0 bridgehead atoms. The van der Waals surface area contributed by atoms with Crippen LogP contribution in [0.3, 0.4) is 0 Å². The Bertz CT molecular complexity index is 259. The van der Waals surface area contributed by atoms with Crippen molar-refractivity contribution in [2.75, 3.05) is 40.3 Å². The molecule has 0 aromatic carbocycles. The van der Waals surface area contributed by atoms with Gasteiger partial charge in [0.15, 0.2) is 0 Å². The van der Waals surface area contributed by atoms with Gasteiger partial charge in [-0.05, 0) is 46.4 Å². The van der Waals surface area contributed by atoms with E-state index in [0.717, 1.165) is 32.6 Å². The first-order valence-corrected chi connectivity index (χ1v) is 6.89. The van der Waals surface area contributed by atoms with Crippen molar-refractivity contribution in [2.24, 2.45) is 0 Å². The Morgan fingerprint density at radius 1 is 1.56 bits per heavy atom. The topological polar surface area (TPSA) is 55.8 Å². The number of likely N-dealkylation sites (tertiary alicyclic amines) is 1. The molecule has 1 heterocycles. The molecule has 0 amide bonds. The van der Waals surface area contributed by atoms with E-state index in [-0.39, 0.29) is 0 Å². The molecule has 5 heteroatoms. The van der Waals surface area contributed by atoms with Crippen molar-refractivity contribution in [2.45, 2.75) is 38.3 Å². The fourth-order valence-electron chi connectivity index (χ4n) is 2.38. The molecule has 2 unspecified atom stereocenters. The highest BCUT2D eigenvalue weighted by Gasteiger charge is 2.25. The Hall–Kier alpha value is -0.650. The third-order valence-corrected chi connectivity index (χ3v) is 3.65. The second-order valence-electron chi connectivity index (χ2n) is 5.34. The molecule has 2 N–H and O–H groups in total. The van der Waals surface area contributed by atoms with Crippen LogP contribution in [0.1, 0.15) is 26.2 Å². The highest BCUT2D eigenvalue weighted by Crippen LogP contribution is 2.13. The molecule has 0 radical (unpaired) electrons. The lowest BCUT2D eigenvalue weighted by atomic mass is 10.2. The SMILES string of the molecule is CCCNC(CCN1CCC(N(C)C)C1)C(=O)O. The molecule has 0 aliphatic carbocycles. The van der Waals surface area contributed by atoms with Crippen molar-refractivity contribution in [1.29, 1.82) is 0 Å². The van der Waals surface area contributed by atoms with Crippen LogP contribution in [-0.2, 0) is 4.79 Å². The molecule has 2 atom stereocenters. The summed E-state index contributed by atoms with van der Waals surface area (Å²) in [6.07, 6.45) is 2.85. The minimum Gasteiger partial charge on any atom is -0.480 e. The molecule has 1 aliphatic heterocycles. The van der Waals surface area contributed by atoms with Crippen LogP contribution in [0.5, 0.6) is 0 Å². The molecule has 106 valence electrons. The van der Waals surface area contributed by atoms with Crippen LogP contribution in [0.25, 0.3) is 0 Å². The Morgan fingerprint density at radius 3 is 2.78 bits per heavy atom. The molecule has 0 spiro atoms. The fraction of sp³-hybridized carbons (Fsp3) is 0.923. The van der Waals surface area contributed by atoms with E-state index in [1.54, 1.807) is 0 Å². The van der Waals surface area contributed by atoms with Gasteiger partial charge >= 0.3 is 5.97 Å². The average molecular weight is 257 g/mol. The van der Waals surface area contributed by atoms with Gasteiger partial charge in [0.2, 0.25) is 0 Å². The molecule has 0 aromatic rings. The van der Waals surface area contributed by atoms with Crippen LogP contribution in [0.15, 0.2) is 0 Å². The summed E-state index contributed by atoms with van der Waals surface area (Å²) in [6, 6.07) is 0.222. The monoisotopic (exact) mass is 257 g/mol. The normalized spacial score (nSPS) is 22.6. The van der Waals surface area contributed by atoms with Gasteiger partial charge in [0.25, 0.3) is 0 Å². The number of rotatable bonds is 8. The fourth-order valence-corrected chi connectivity index (χ4v) is 2.38. The number of carbonyl (C=O) groups is 1. The summed E-state index contributed by atoms with van der Waals surface area (Å²) < 4.78 is 0. The van der Waals surface area contributed by atoms with Gasteiger partial charge in [-0.15, -0.1) is 0 Å². The van der Waals surface area contributed by atoms with E-state index in [4.69, 9.17) is 5.11 Å². The number of likely N-dealkylation sites (N-methyl/N-ethyl adjacent to an activating group) is 1. The number of aliphatic carboxylic acids is 1. The first kappa shape index (κ1) is 15.4. The molecule has 0 aromatic heterocycles. The van der Waals surface area contributed by atoms with Gasteiger partial charge in [0.1, 0.15) is 6.04 Å². The molecule has 1 saturated heterocycles. The van der Waals surface area contributed by atoms with Gasteiger partial charge in [0.05, 0.1) is 0 Å². The minimum atomic E-state index is -0.730. The number of carboxylic acids is 1. The minimum absolute atomic E-state index is 0.400. The van der Waals surface area contributed by atoms with Gasteiger partial charge in [0, 0.05) is 19.1 Å². The smallest absolute Gasteiger partial charge is 0.320 e. The van der Waals surface area contributed by atoms with Crippen LogP contribution in [0, 0.1) is 0 Å². The largest absolute Gasteiger partial charge is 0.480 e. The summed E-state index contributed by atoms with van der Waals surface area (Å²) in [5, 5.41) is 12.2. The Balaban J connectivity index is 2.28. The third-order valence-electron chi connectivity index (χ3n) is 3.65. The highest BCUT2D eigenvalue weighted by molar-refractivity contribution is 5.73. The molecule has 1 rings (SSSR count). The van der Waals surface area contributed by atoms with Crippen molar-refractivity contribution >= 4 is 5.97 Å². The Kier molecular flexibility index (Phi) is 6.60. The van der Waals surface area contributed by atoms with Crippen LogP contribution in [0.4, 0.5) is 0 Å². The second-order valence-corrected chi connectivity index (χ2v) is 5.34. The van der Waals surface area contributed by atoms with Gasteiger partial charge in [-0.1, -0.05) is 6.92 Å². The standard InChI is InChI=1S/C13H27N3O2/c1-4-7-14-12(13(17)18)6-9-16-8-5-11(10-16)15(2)3/h11-12,14H,4-10H2,1-3H3,(H,17,18). The van der Waals surface area contributed by atoms with Crippen LogP contribution < -0.4 is 5.32 Å². The first-order chi connectivity index (χ1) is 8.54. The molecule has 5 nitrogen and oxygen atoms in total. The second kappa shape index (κ2) is 7.71. The van der Waals surface area contributed by atoms with Gasteiger partial charge in [-0.2, -0.15) is 0 Å². The van der Waals surface area contributed by atoms with Gasteiger partial charge in [-0.25, -0.2) is 0 Å². The maximum atomic E-state index is 11.1. The summed E-state index contributed by atoms with van der Waals surface area (Å²) in [5.74, 6) is -0.730. The zero-order valence-corrected chi connectivity index (χ0v) is 11.9. The molecule has 1 fully saturated rings. The predicted octanol–water partition coefficient (Wildman–Crippen LogP) is 0.465. The molecule has 0 saturated carbocycles. The quantitative estimate of drug-likeness (QED) is 0.662. The zero-order chi connectivity index (χ0) is 13.5. The lowest BCUT2D eigenvalue weighted by Crippen LogP contribution is -2.40. The van der Waals surface area contributed by atoms with Crippen molar-refractivity contribution in [3.05, 3.63) is 0 Å². The van der Waals surface area contributed by atoms with Crippen LogP contribution >= 0.6 is 0 Å². The molecular weight excluding hydrogens is 230 g/mol. The number of carboxylic acid groups (broad SMARTS) is 1. The van der Waals surface area contributed by atoms with E-state index >= 15 is 0 Å². The maximum absolute atomic E-state index is 11.1. The van der Waals surface area contributed by atoms with Crippen molar-refractivity contribution in [1.82, 2.24) is 15.1 Å². The number of nitrogens with zero attached hydrogens (tertiary/aromatic N) is 2. The first-order valence-electron chi connectivity index (χ1n) is 6.89. The Labute approximate surface area is 110 Å². The van der Waals surface area contributed by atoms with E-state index in [9.17, 15) is 4.79 Å². The summed E-state index contributed by atoms with van der Waals surface area (Å²) >= 11 is 0. The summed E-state index contributed by atoms with van der Waals surface area (Å²) in [4.78, 5) is 15.7. The predicted molar refractivity (Wildman–Crippen MR) is 72.9 cm³/mol. The van der Waals surface area contributed by atoms with Gasteiger partial charge < -0.3 is 20.2 Å². The molecule has 1 aliphatic rings. The van der Waals surface area contributed by atoms with Gasteiger partial charge in [-0.3, -0.25) is 4.79 Å². The Morgan fingerprint density at radius 2 is 2.28 bits per heavy atom. The van der Waals surface area contributed by atoms with Crippen LogP contribution in [0.2, 0.25) is 0 Å². The third kappa shape index (κ3) is 4.92.